The van der Waals surface area contributed by atoms with Gasteiger partial charge in [0.15, 0.2) is 0 Å². The van der Waals surface area contributed by atoms with Crippen LogP contribution in [0.5, 0.6) is 0 Å². The molecule has 3 heteroatoms. The van der Waals surface area contributed by atoms with E-state index in [1.165, 1.54) is 11.5 Å². The summed E-state index contributed by atoms with van der Waals surface area (Å²) >= 11 is 1.36. The second-order valence-corrected chi connectivity index (χ2v) is 2.27. The van der Waals surface area contributed by atoms with Gasteiger partial charge in [0.25, 0.3) is 0 Å². The lowest BCUT2D eigenvalue weighted by molar-refractivity contribution is 0.195. The fourth-order valence-corrected chi connectivity index (χ4v) is 1.03. The zero-order valence-corrected chi connectivity index (χ0v) is 5.35. The lowest BCUT2D eigenvalue weighted by Gasteiger charge is -1.93. The van der Waals surface area contributed by atoms with E-state index in [-0.39, 0.29) is 0 Å². The quantitative estimate of drug-likeness (QED) is 0.618. The summed E-state index contributed by atoms with van der Waals surface area (Å²) < 4.78 is 3.91. The van der Waals surface area contributed by atoms with E-state index in [1.807, 2.05) is 11.4 Å². The van der Waals surface area contributed by atoms with Gasteiger partial charge in [0.1, 0.15) is 0 Å². The van der Waals surface area contributed by atoms with Crippen LogP contribution in [-0.2, 0) is 0 Å². The fourth-order valence-electron chi connectivity index (χ4n) is 0.437. The largest absolute Gasteiger partial charge is 0.387 e. The van der Waals surface area contributed by atoms with Crippen molar-refractivity contribution < 1.29 is 5.11 Å². The topological polar surface area (TPSA) is 33.1 Å². The summed E-state index contributed by atoms with van der Waals surface area (Å²) in [6, 6.07) is 1.81. The molecule has 0 aliphatic carbocycles. The Morgan fingerprint density at radius 1 is 1.88 bits per heavy atom. The molecule has 1 atom stereocenters. The van der Waals surface area contributed by atoms with E-state index in [4.69, 9.17) is 5.11 Å². The molecule has 0 saturated heterocycles. The van der Waals surface area contributed by atoms with Crippen molar-refractivity contribution in [2.75, 3.05) is 0 Å². The van der Waals surface area contributed by atoms with E-state index in [2.05, 4.69) is 4.37 Å². The maximum absolute atomic E-state index is 8.86. The number of nitrogens with zero attached hydrogens (tertiary/aromatic N) is 1. The van der Waals surface area contributed by atoms with E-state index in [9.17, 15) is 0 Å². The molecular weight excluding hydrogens is 122 g/mol. The molecule has 1 heterocycles. The van der Waals surface area contributed by atoms with Crippen LogP contribution in [0.1, 0.15) is 18.7 Å². The predicted molar refractivity (Wildman–Crippen MR) is 32.7 cm³/mol. The third-order valence-corrected chi connectivity index (χ3v) is 1.46. The van der Waals surface area contributed by atoms with Gasteiger partial charge in [-0.25, -0.2) is 0 Å². The van der Waals surface area contributed by atoms with Crippen molar-refractivity contribution in [3.05, 3.63) is 17.1 Å². The van der Waals surface area contributed by atoms with Crippen molar-refractivity contribution >= 4 is 11.5 Å². The maximum atomic E-state index is 8.86. The minimum absolute atomic E-state index is 0.416. The zero-order chi connectivity index (χ0) is 5.98. The van der Waals surface area contributed by atoms with Crippen LogP contribution in [0, 0.1) is 0 Å². The van der Waals surface area contributed by atoms with Gasteiger partial charge in [0.05, 0.1) is 11.8 Å². The molecule has 1 unspecified atom stereocenters. The number of aliphatic hydroxyl groups excluding tert-OH is 1. The Balaban J connectivity index is 2.77. The molecule has 0 bridgehead atoms. The first-order chi connectivity index (χ1) is 3.80. The first kappa shape index (κ1) is 5.72. The summed E-state index contributed by atoms with van der Waals surface area (Å²) in [5.41, 5.74) is 0.759. The number of hydrogen-bond donors (Lipinski definition) is 1. The molecule has 0 aliphatic heterocycles. The Hall–Kier alpha value is -0.410. The first-order valence-corrected chi connectivity index (χ1v) is 3.22. The van der Waals surface area contributed by atoms with E-state index < -0.39 is 6.10 Å². The Morgan fingerprint density at radius 3 is 2.88 bits per heavy atom. The van der Waals surface area contributed by atoms with Gasteiger partial charge in [-0.2, -0.15) is 4.37 Å². The van der Waals surface area contributed by atoms with Gasteiger partial charge in [0.2, 0.25) is 0 Å². The molecule has 8 heavy (non-hydrogen) atoms. The molecule has 0 aromatic carbocycles. The van der Waals surface area contributed by atoms with E-state index in [0.717, 1.165) is 5.69 Å². The monoisotopic (exact) mass is 129 g/mol. The molecule has 0 fully saturated rings. The van der Waals surface area contributed by atoms with Crippen LogP contribution in [-0.4, -0.2) is 9.48 Å². The molecular formula is C5H7NOS. The van der Waals surface area contributed by atoms with Crippen molar-refractivity contribution in [3.8, 4) is 0 Å². The number of rotatable bonds is 1. The second-order valence-electron chi connectivity index (χ2n) is 1.60. The van der Waals surface area contributed by atoms with E-state index >= 15 is 0 Å². The lowest BCUT2D eigenvalue weighted by Crippen LogP contribution is -1.88. The van der Waals surface area contributed by atoms with Gasteiger partial charge in [-0.05, 0) is 24.5 Å². The van der Waals surface area contributed by atoms with Crippen molar-refractivity contribution in [2.45, 2.75) is 13.0 Å². The number of aliphatic hydroxyl groups is 1. The van der Waals surface area contributed by atoms with Gasteiger partial charge >= 0.3 is 0 Å². The van der Waals surface area contributed by atoms with Crippen molar-refractivity contribution in [3.63, 3.8) is 0 Å². The molecule has 44 valence electrons. The molecule has 1 rings (SSSR count). The van der Waals surface area contributed by atoms with Crippen molar-refractivity contribution in [1.82, 2.24) is 4.37 Å². The van der Waals surface area contributed by atoms with Crippen molar-refractivity contribution in [1.29, 1.82) is 0 Å². The summed E-state index contributed by atoms with van der Waals surface area (Å²) in [5, 5.41) is 10.7. The molecule has 0 amide bonds. The molecule has 2 nitrogen and oxygen atoms in total. The fraction of sp³-hybridized carbons (Fsp3) is 0.400. The minimum Gasteiger partial charge on any atom is -0.387 e. The summed E-state index contributed by atoms with van der Waals surface area (Å²) in [6.45, 7) is 1.70. The van der Waals surface area contributed by atoms with Gasteiger partial charge in [-0.1, -0.05) is 0 Å². The third-order valence-electron chi connectivity index (χ3n) is 0.886. The van der Waals surface area contributed by atoms with Gasteiger partial charge in [-0.15, -0.1) is 0 Å². The molecule has 0 radical (unpaired) electrons. The van der Waals surface area contributed by atoms with Crippen molar-refractivity contribution in [2.24, 2.45) is 0 Å². The summed E-state index contributed by atoms with van der Waals surface area (Å²) in [6.07, 6.45) is -0.416. The average molecular weight is 129 g/mol. The van der Waals surface area contributed by atoms with E-state index in [1.54, 1.807) is 6.92 Å². The zero-order valence-electron chi connectivity index (χ0n) is 4.53. The summed E-state index contributed by atoms with van der Waals surface area (Å²) in [4.78, 5) is 0. The Kier molecular flexibility index (Phi) is 1.60. The highest BCUT2D eigenvalue weighted by Crippen LogP contribution is 2.09. The second kappa shape index (κ2) is 2.24. The highest BCUT2D eigenvalue weighted by atomic mass is 32.1. The normalized spacial score (nSPS) is 13.8. The summed E-state index contributed by atoms with van der Waals surface area (Å²) in [5.74, 6) is 0. The standard InChI is InChI=1S/C5H7NOS/c1-4(7)5-2-3-8-6-5/h2-4,7H,1H3. The molecule has 0 saturated carbocycles. The van der Waals surface area contributed by atoms with Gasteiger partial charge < -0.3 is 5.11 Å². The van der Waals surface area contributed by atoms with Crippen LogP contribution in [0.15, 0.2) is 11.4 Å². The SMILES string of the molecule is CC(O)c1ccsn1. The smallest absolute Gasteiger partial charge is 0.0942 e. The average Bonchev–Trinajstić information content (AvgIpc) is 2.12. The molecule has 0 aliphatic rings. The molecule has 0 spiro atoms. The highest BCUT2D eigenvalue weighted by molar-refractivity contribution is 7.03. The molecule has 1 aromatic heterocycles. The Labute approximate surface area is 52.0 Å². The summed E-state index contributed by atoms with van der Waals surface area (Å²) in [7, 11) is 0. The molecule has 1 N–H and O–H groups in total. The van der Waals surface area contributed by atoms with Crippen LogP contribution < -0.4 is 0 Å². The van der Waals surface area contributed by atoms with Crippen LogP contribution in [0.2, 0.25) is 0 Å². The van der Waals surface area contributed by atoms with Gasteiger partial charge in [0, 0.05) is 5.38 Å². The number of aromatic nitrogens is 1. The van der Waals surface area contributed by atoms with Crippen LogP contribution in [0.4, 0.5) is 0 Å². The Bertz CT molecular complexity index is 147. The first-order valence-electron chi connectivity index (χ1n) is 2.39. The maximum Gasteiger partial charge on any atom is 0.0942 e. The number of hydrogen-bond acceptors (Lipinski definition) is 3. The highest BCUT2D eigenvalue weighted by Gasteiger charge is 1.99. The molecule has 1 aromatic rings. The Morgan fingerprint density at radius 2 is 2.62 bits per heavy atom. The van der Waals surface area contributed by atoms with Crippen LogP contribution in [0.25, 0.3) is 0 Å². The predicted octanol–water partition coefficient (Wildman–Crippen LogP) is 1.20. The third kappa shape index (κ3) is 1.05. The lowest BCUT2D eigenvalue weighted by atomic mass is 10.3. The minimum atomic E-state index is -0.416. The van der Waals surface area contributed by atoms with E-state index in [0.29, 0.717) is 0 Å². The van der Waals surface area contributed by atoms with Crippen LogP contribution >= 0.6 is 11.5 Å². The van der Waals surface area contributed by atoms with Gasteiger partial charge in [-0.3, -0.25) is 0 Å². The van der Waals surface area contributed by atoms with Crippen LogP contribution in [0.3, 0.4) is 0 Å².